The van der Waals surface area contributed by atoms with Crippen LogP contribution in [-0.2, 0) is 19.1 Å². The normalized spacial score (nSPS) is 12.9. The number of carbonyl (C=O) groups excluding carboxylic acids is 2. The lowest BCUT2D eigenvalue weighted by atomic mass is 9.92. The van der Waals surface area contributed by atoms with Gasteiger partial charge in [0.25, 0.3) is 0 Å². The zero-order chi connectivity index (χ0) is 32.5. The van der Waals surface area contributed by atoms with Gasteiger partial charge in [-0.05, 0) is 38.5 Å². The molecule has 0 saturated carbocycles. The minimum absolute atomic E-state index is 0.0674. The van der Waals surface area contributed by atoms with E-state index in [1.807, 2.05) is 0 Å². The van der Waals surface area contributed by atoms with Crippen molar-refractivity contribution < 1.29 is 24.2 Å². The number of nitrogens with one attached hydrogen (secondary N) is 1. The van der Waals surface area contributed by atoms with Crippen LogP contribution in [0.1, 0.15) is 195 Å². The third kappa shape index (κ3) is 29.6. The number of unbranched alkanes of at least 4 members (excludes halogenated alkanes) is 17. The molecule has 0 aromatic carbocycles. The Morgan fingerprint density at radius 2 is 1.05 bits per heavy atom. The summed E-state index contributed by atoms with van der Waals surface area (Å²) in [5, 5.41) is 13.0. The number of esters is 2. The van der Waals surface area contributed by atoms with Gasteiger partial charge in [0.2, 0.25) is 0 Å². The first-order valence-electron chi connectivity index (χ1n) is 19.2. The van der Waals surface area contributed by atoms with Gasteiger partial charge in [-0.2, -0.15) is 0 Å². The van der Waals surface area contributed by atoms with E-state index in [2.05, 4.69) is 26.1 Å². The molecule has 2 atom stereocenters. The van der Waals surface area contributed by atoms with E-state index in [1.165, 1.54) is 103 Å². The number of hydrogen-bond donors (Lipinski definition) is 2. The Hall–Kier alpha value is -1.14. The van der Waals surface area contributed by atoms with Gasteiger partial charge >= 0.3 is 11.9 Å². The SMILES string of the molecule is CCCCCCCCCCOC(=O)CCCCCCCC(NC[C@H](C)O)C(=O)OCCC(CCCCCC)CCCCCC. The van der Waals surface area contributed by atoms with Crippen LogP contribution in [0.4, 0.5) is 0 Å². The number of hydrogen-bond acceptors (Lipinski definition) is 6. The maximum absolute atomic E-state index is 13.0. The summed E-state index contributed by atoms with van der Waals surface area (Å²) in [5.74, 6) is 0.394. The molecule has 0 saturated heterocycles. The molecule has 1 unspecified atom stereocenters. The van der Waals surface area contributed by atoms with Crippen molar-refractivity contribution >= 4 is 11.9 Å². The van der Waals surface area contributed by atoms with Gasteiger partial charge in [0.15, 0.2) is 0 Å². The Morgan fingerprint density at radius 3 is 1.61 bits per heavy atom. The molecule has 0 bridgehead atoms. The zero-order valence-electron chi connectivity index (χ0n) is 29.8. The van der Waals surface area contributed by atoms with Gasteiger partial charge in [0.1, 0.15) is 6.04 Å². The highest BCUT2D eigenvalue weighted by Gasteiger charge is 2.20. The van der Waals surface area contributed by atoms with E-state index in [-0.39, 0.29) is 18.0 Å². The van der Waals surface area contributed by atoms with Crippen molar-refractivity contribution in [3.63, 3.8) is 0 Å². The van der Waals surface area contributed by atoms with Gasteiger partial charge in [-0.3, -0.25) is 9.59 Å². The lowest BCUT2D eigenvalue weighted by Crippen LogP contribution is -2.41. The van der Waals surface area contributed by atoms with Gasteiger partial charge in [0.05, 0.1) is 19.3 Å². The lowest BCUT2D eigenvalue weighted by molar-refractivity contribution is -0.147. The minimum atomic E-state index is -0.503. The smallest absolute Gasteiger partial charge is 0.323 e. The molecule has 0 spiro atoms. The summed E-state index contributed by atoms with van der Waals surface area (Å²) in [6.45, 7) is 9.92. The molecule has 262 valence electrons. The quantitative estimate of drug-likeness (QED) is 0.0547. The van der Waals surface area contributed by atoms with E-state index in [1.54, 1.807) is 6.92 Å². The standard InChI is InChI=1S/C38H75NO5/c1-5-8-11-14-15-16-20-25-31-43-37(41)29-24-19-17-18-23-28-36(39-33-34(4)40)38(42)44-32-30-35(26-21-12-9-6-2)27-22-13-10-7-3/h34-36,39-40H,5-33H2,1-4H3/t34-,36?/m0/s1. The van der Waals surface area contributed by atoms with Gasteiger partial charge in [-0.25, -0.2) is 0 Å². The molecule has 0 rings (SSSR count). The molecule has 0 aromatic heterocycles. The van der Waals surface area contributed by atoms with Crippen LogP contribution in [0.5, 0.6) is 0 Å². The first-order chi connectivity index (χ1) is 21.4. The molecular weight excluding hydrogens is 550 g/mol. The van der Waals surface area contributed by atoms with Crippen LogP contribution >= 0.6 is 0 Å². The molecular formula is C38H75NO5. The Labute approximate surface area is 273 Å². The van der Waals surface area contributed by atoms with Crippen molar-refractivity contribution in [2.45, 2.75) is 207 Å². The third-order valence-corrected chi connectivity index (χ3v) is 8.78. The lowest BCUT2D eigenvalue weighted by Gasteiger charge is -2.20. The third-order valence-electron chi connectivity index (χ3n) is 8.78. The van der Waals surface area contributed by atoms with Crippen molar-refractivity contribution in [1.29, 1.82) is 0 Å². The van der Waals surface area contributed by atoms with Crippen LogP contribution in [0.2, 0.25) is 0 Å². The van der Waals surface area contributed by atoms with Gasteiger partial charge in [-0.15, -0.1) is 0 Å². The fourth-order valence-corrected chi connectivity index (χ4v) is 5.84. The van der Waals surface area contributed by atoms with E-state index in [4.69, 9.17) is 9.47 Å². The number of rotatable bonds is 34. The largest absolute Gasteiger partial charge is 0.466 e. The molecule has 0 aliphatic heterocycles. The van der Waals surface area contributed by atoms with Crippen molar-refractivity contribution in [2.24, 2.45) is 5.92 Å². The topological polar surface area (TPSA) is 84.9 Å². The second kappa shape index (κ2) is 33.2. The highest BCUT2D eigenvalue weighted by Crippen LogP contribution is 2.22. The van der Waals surface area contributed by atoms with E-state index < -0.39 is 6.10 Å². The number of carbonyl (C=O) groups is 2. The van der Waals surface area contributed by atoms with E-state index in [0.29, 0.717) is 38.5 Å². The van der Waals surface area contributed by atoms with Crippen LogP contribution in [0.15, 0.2) is 0 Å². The minimum Gasteiger partial charge on any atom is -0.466 e. The van der Waals surface area contributed by atoms with Crippen molar-refractivity contribution in [2.75, 3.05) is 19.8 Å². The number of aliphatic hydroxyl groups excluding tert-OH is 1. The summed E-state index contributed by atoms with van der Waals surface area (Å²) < 4.78 is 11.2. The van der Waals surface area contributed by atoms with Gasteiger partial charge in [-0.1, -0.05) is 156 Å². The summed E-state index contributed by atoms with van der Waals surface area (Å²) in [7, 11) is 0. The fourth-order valence-electron chi connectivity index (χ4n) is 5.84. The van der Waals surface area contributed by atoms with Crippen LogP contribution in [0.3, 0.4) is 0 Å². The van der Waals surface area contributed by atoms with Crippen molar-refractivity contribution in [1.82, 2.24) is 5.32 Å². The van der Waals surface area contributed by atoms with Crippen molar-refractivity contribution in [3.8, 4) is 0 Å². The zero-order valence-corrected chi connectivity index (χ0v) is 29.8. The fraction of sp³-hybridized carbons (Fsp3) is 0.947. The van der Waals surface area contributed by atoms with Crippen LogP contribution < -0.4 is 5.32 Å². The maximum atomic E-state index is 13.0. The number of ether oxygens (including phenoxy) is 2. The molecule has 0 aromatic rings. The highest BCUT2D eigenvalue weighted by atomic mass is 16.5. The molecule has 0 radical (unpaired) electrons. The van der Waals surface area contributed by atoms with Crippen molar-refractivity contribution in [3.05, 3.63) is 0 Å². The van der Waals surface area contributed by atoms with Crippen LogP contribution in [-0.4, -0.2) is 48.9 Å². The Kier molecular flexibility index (Phi) is 32.4. The van der Waals surface area contributed by atoms with Crippen LogP contribution in [0.25, 0.3) is 0 Å². The highest BCUT2D eigenvalue weighted by molar-refractivity contribution is 5.75. The Balaban J connectivity index is 4.19. The second-order valence-corrected chi connectivity index (χ2v) is 13.3. The molecule has 0 amide bonds. The Morgan fingerprint density at radius 1 is 0.568 bits per heavy atom. The van der Waals surface area contributed by atoms with E-state index >= 15 is 0 Å². The molecule has 0 heterocycles. The monoisotopic (exact) mass is 626 g/mol. The molecule has 2 N–H and O–H groups in total. The van der Waals surface area contributed by atoms with E-state index in [0.717, 1.165) is 51.4 Å². The predicted octanol–water partition coefficient (Wildman–Crippen LogP) is 10.2. The second-order valence-electron chi connectivity index (χ2n) is 13.3. The van der Waals surface area contributed by atoms with Gasteiger partial charge in [0, 0.05) is 13.0 Å². The average Bonchev–Trinajstić information content (AvgIpc) is 3.00. The van der Waals surface area contributed by atoms with Gasteiger partial charge < -0.3 is 19.9 Å². The summed E-state index contributed by atoms with van der Waals surface area (Å²) in [6, 6.07) is -0.372. The molecule has 0 fully saturated rings. The first kappa shape index (κ1) is 42.9. The number of aliphatic hydroxyl groups is 1. The summed E-state index contributed by atoms with van der Waals surface area (Å²) in [6.07, 6.45) is 29.2. The molecule has 0 aliphatic rings. The molecule has 44 heavy (non-hydrogen) atoms. The van der Waals surface area contributed by atoms with E-state index in [9.17, 15) is 14.7 Å². The molecule has 0 aliphatic carbocycles. The summed E-state index contributed by atoms with van der Waals surface area (Å²) >= 11 is 0. The Bertz CT molecular complexity index is 614. The summed E-state index contributed by atoms with van der Waals surface area (Å²) in [5.41, 5.74) is 0. The van der Waals surface area contributed by atoms with Crippen LogP contribution in [0, 0.1) is 5.92 Å². The predicted molar refractivity (Wildman–Crippen MR) is 186 cm³/mol. The maximum Gasteiger partial charge on any atom is 0.323 e. The molecule has 6 nitrogen and oxygen atoms in total. The average molecular weight is 626 g/mol. The molecule has 6 heteroatoms. The first-order valence-corrected chi connectivity index (χ1v) is 19.2. The summed E-state index contributed by atoms with van der Waals surface area (Å²) in [4.78, 5) is 25.0.